The summed E-state index contributed by atoms with van der Waals surface area (Å²) in [6.45, 7) is 0.119. The van der Waals surface area contributed by atoms with Crippen molar-refractivity contribution in [3.05, 3.63) is 77.0 Å². The van der Waals surface area contributed by atoms with E-state index in [2.05, 4.69) is 5.32 Å². The van der Waals surface area contributed by atoms with Crippen LogP contribution in [0.3, 0.4) is 0 Å². The van der Waals surface area contributed by atoms with E-state index in [0.29, 0.717) is 27.9 Å². The number of ether oxygens (including phenoxy) is 1. The number of nitrogens with one attached hydrogen (secondary N) is 1. The van der Waals surface area contributed by atoms with Crippen molar-refractivity contribution < 1.29 is 13.9 Å². The van der Waals surface area contributed by atoms with Gasteiger partial charge in [-0.2, -0.15) is 5.26 Å². The van der Waals surface area contributed by atoms with Crippen LogP contribution in [0.15, 0.2) is 65.1 Å². The number of furan rings is 1. The van der Waals surface area contributed by atoms with Crippen molar-refractivity contribution in [2.45, 2.75) is 6.54 Å². The highest BCUT2D eigenvalue weighted by Gasteiger charge is 2.08. The maximum absolute atomic E-state index is 11.9. The number of hydrogen-bond acceptors (Lipinski definition) is 4. The van der Waals surface area contributed by atoms with Gasteiger partial charge in [0.1, 0.15) is 17.3 Å². The number of halogens is 1. The molecule has 0 saturated heterocycles. The van der Waals surface area contributed by atoms with Gasteiger partial charge in [-0.3, -0.25) is 4.79 Å². The molecule has 1 heterocycles. The van der Waals surface area contributed by atoms with Gasteiger partial charge in [-0.1, -0.05) is 17.7 Å². The lowest BCUT2D eigenvalue weighted by molar-refractivity contribution is -0.123. The fourth-order valence-corrected chi connectivity index (χ4v) is 2.41. The number of nitrogens with zero attached hydrogens (tertiary/aromatic N) is 1. The Kier molecular flexibility index (Phi) is 5.57. The van der Waals surface area contributed by atoms with Crippen molar-refractivity contribution in [3.63, 3.8) is 0 Å². The minimum atomic E-state index is -0.281. The lowest BCUT2D eigenvalue weighted by Crippen LogP contribution is -2.28. The molecule has 0 bridgehead atoms. The van der Waals surface area contributed by atoms with Crippen LogP contribution in [0.1, 0.15) is 11.3 Å². The summed E-state index contributed by atoms with van der Waals surface area (Å²) in [4.78, 5) is 11.9. The average molecular weight is 367 g/mol. The maximum Gasteiger partial charge on any atom is 0.258 e. The summed E-state index contributed by atoms with van der Waals surface area (Å²) in [5.41, 5.74) is 1.39. The molecule has 3 aromatic rings. The fourth-order valence-electron chi connectivity index (χ4n) is 2.28. The van der Waals surface area contributed by atoms with Crippen LogP contribution in [0, 0.1) is 11.3 Å². The number of rotatable bonds is 6. The van der Waals surface area contributed by atoms with Crippen LogP contribution in [0.4, 0.5) is 0 Å². The zero-order valence-corrected chi connectivity index (χ0v) is 14.5. The molecule has 0 radical (unpaired) electrons. The van der Waals surface area contributed by atoms with Crippen LogP contribution in [-0.4, -0.2) is 12.5 Å². The Morgan fingerprint density at radius 2 is 1.96 bits per heavy atom. The van der Waals surface area contributed by atoms with E-state index >= 15 is 0 Å². The fraction of sp³-hybridized carbons (Fsp3) is 0.100. The molecule has 130 valence electrons. The number of hydrogen-bond donors (Lipinski definition) is 1. The molecule has 2 aromatic carbocycles. The van der Waals surface area contributed by atoms with Gasteiger partial charge in [0, 0.05) is 10.6 Å². The summed E-state index contributed by atoms with van der Waals surface area (Å²) in [5.74, 6) is 1.53. The lowest BCUT2D eigenvalue weighted by atomic mass is 10.2. The largest absolute Gasteiger partial charge is 0.484 e. The van der Waals surface area contributed by atoms with Gasteiger partial charge in [0.2, 0.25) is 0 Å². The van der Waals surface area contributed by atoms with Crippen LogP contribution in [-0.2, 0) is 11.3 Å². The highest BCUT2D eigenvalue weighted by molar-refractivity contribution is 6.30. The maximum atomic E-state index is 11.9. The molecule has 0 spiro atoms. The Labute approximate surface area is 155 Å². The summed E-state index contributed by atoms with van der Waals surface area (Å²) in [6.07, 6.45) is 0. The first-order valence-electron chi connectivity index (χ1n) is 7.88. The van der Waals surface area contributed by atoms with Crippen molar-refractivity contribution >= 4 is 17.5 Å². The van der Waals surface area contributed by atoms with Crippen molar-refractivity contribution in [1.29, 1.82) is 5.26 Å². The van der Waals surface area contributed by atoms with E-state index in [1.165, 1.54) is 0 Å². The molecule has 0 atom stereocenters. The number of amides is 1. The molecule has 0 aliphatic heterocycles. The second-order valence-corrected chi connectivity index (χ2v) is 5.91. The van der Waals surface area contributed by atoms with E-state index in [-0.39, 0.29) is 19.1 Å². The summed E-state index contributed by atoms with van der Waals surface area (Å²) in [5, 5.41) is 12.2. The minimum Gasteiger partial charge on any atom is -0.484 e. The number of benzene rings is 2. The van der Waals surface area contributed by atoms with Crippen molar-refractivity contribution in [3.8, 4) is 23.1 Å². The van der Waals surface area contributed by atoms with E-state index in [4.69, 9.17) is 26.0 Å². The molecule has 1 N–H and O–H groups in total. The Hall–Kier alpha value is -3.23. The molecule has 0 aliphatic rings. The molecular weight excluding hydrogens is 352 g/mol. The second kappa shape index (κ2) is 8.24. The predicted molar refractivity (Wildman–Crippen MR) is 97.7 cm³/mol. The van der Waals surface area contributed by atoms with Crippen molar-refractivity contribution in [2.24, 2.45) is 0 Å². The van der Waals surface area contributed by atoms with E-state index in [1.54, 1.807) is 36.4 Å². The molecule has 0 saturated carbocycles. The zero-order chi connectivity index (χ0) is 18.4. The van der Waals surface area contributed by atoms with Gasteiger partial charge in [-0.25, -0.2) is 0 Å². The molecule has 0 unspecified atom stereocenters. The van der Waals surface area contributed by atoms with E-state index < -0.39 is 0 Å². The molecule has 1 amide bonds. The summed E-state index contributed by atoms with van der Waals surface area (Å²) in [6, 6.07) is 19.6. The van der Waals surface area contributed by atoms with E-state index in [0.717, 1.165) is 5.56 Å². The summed E-state index contributed by atoms with van der Waals surface area (Å²) >= 11 is 5.87. The minimum absolute atomic E-state index is 0.139. The first kappa shape index (κ1) is 17.6. The lowest BCUT2D eigenvalue weighted by Gasteiger charge is -2.06. The molecule has 5 nitrogen and oxygen atoms in total. The Morgan fingerprint density at radius 1 is 1.15 bits per heavy atom. The average Bonchev–Trinajstić information content (AvgIpc) is 3.14. The molecule has 1 aromatic heterocycles. The van der Waals surface area contributed by atoms with Crippen LogP contribution < -0.4 is 10.1 Å². The van der Waals surface area contributed by atoms with Gasteiger partial charge in [-0.15, -0.1) is 0 Å². The molecule has 0 fully saturated rings. The monoisotopic (exact) mass is 366 g/mol. The summed E-state index contributed by atoms with van der Waals surface area (Å²) in [7, 11) is 0. The van der Waals surface area contributed by atoms with Gasteiger partial charge in [0.25, 0.3) is 5.91 Å². The first-order valence-corrected chi connectivity index (χ1v) is 8.26. The van der Waals surface area contributed by atoms with Gasteiger partial charge < -0.3 is 14.5 Å². The standard InChI is InChI=1S/C20H15ClN2O3/c21-16-6-4-15(5-7-16)19-9-8-18(26-19)12-23-20(24)13-25-17-3-1-2-14(10-17)11-22/h1-10H,12-13H2,(H,23,24). The van der Waals surface area contributed by atoms with Crippen molar-refractivity contribution in [1.82, 2.24) is 5.32 Å². The number of nitriles is 1. The molecule has 3 rings (SSSR count). The zero-order valence-electron chi connectivity index (χ0n) is 13.7. The van der Waals surface area contributed by atoms with Gasteiger partial charge in [-0.05, 0) is 54.6 Å². The summed E-state index contributed by atoms with van der Waals surface area (Å²) < 4.78 is 11.1. The third-order valence-corrected chi connectivity index (χ3v) is 3.84. The van der Waals surface area contributed by atoms with E-state index in [9.17, 15) is 4.79 Å². The smallest absolute Gasteiger partial charge is 0.258 e. The number of carbonyl (C=O) groups excluding carboxylic acids is 1. The highest BCUT2D eigenvalue weighted by Crippen LogP contribution is 2.23. The van der Waals surface area contributed by atoms with Crippen LogP contribution >= 0.6 is 11.6 Å². The predicted octanol–water partition coefficient (Wildman–Crippen LogP) is 4.17. The van der Waals surface area contributed by atoms with Crippen LogP contribution in [0.2, 0.25) is 5.02 Å². The molecule has 6 heteroatoms. The first-order chi connectivity index (χ1) is 12.6. The van der Waals surface area contributed by atoms with Gasteiger partial charge in [0.05, 0.1) is 18.2 Å². The van der Waals surface area contributed by atoms with E-state index in [1.807, 2.05) is 30.3 Å². The number of carbonyl (C=O) groups is 1. The Morgan fingerprint density at radius 3 is 2.73 bits per heavy atom. The SMILES string of the molecule is N#Cc1cccc(OCC(=O)NCc2ccc(-c3ccc(Cl)cc3)o2)c1. The van der Waals surface area contributed by atoms with Crippen LogP contribution in [0.25, 0.3) is 11.3 Å². The second-order valence-electron chi connectivity index (χ2n) is 5.48. The Bertz CT molecular complexity index is 942. The molecule has 26 heavy (non-hydrogen) atoms. The third-order valence-electron chi connectivity index (χ3n) is 3.58. The van der Waals surface area contributed by atoms with Gasteiger partial charge >= 0.3 is 0 Å². The quantitative estimate of drug-likeness (QED) is 0.710. The third kappa shape index (κ3) is 4.65. The molecule has 0 aliphatic carbocycles. The Balaban J connectivity index is 1.50. The molecular formula is C20H15ClN2O3. The topological polar surface area (TPSA) is 75.3 Å². The highest BCUT2D eigenvalue weighted by atomic mass is 35.5. The normalized spacial score (nSPS) is 10.2. The van der Waals surface area contributed by atoms with Gasteiger partial charge in [0.15, 0.2) is 6.61 Å². The van der Waals surface area contributed by atoms with Crippen molar-refractivity contribution in [2.75, 3.05) is 6.61 Å². The van der Waals surface area contributed by atoms with Crippen LogP contribution in [0.5, 0.6) is 5.75 Å².